The molecule has 0 radical (unpaired) electrons. The predicted molar refractivity (Wildman–Crippen MR) is 189 cm³/mol. The van der Waals surface area contributed by atoms with Gasteiger partial charge in [-0.15, -0.1) is 0 Å². The number of nitrogens with zero attached hydrogens (tertiary/aromatic N) is 1. The maximum absolute atomic E-state index is 13.3. The summed E-state index contributed by atoms with van der Waals surface area (Å²) in [6.45, 7) is 14.0. The van der Waals surface area contributed by atoms with Gasteiger partial charge >= 0.3 is 5.97 Å². The van der Waals surface area contributed by atoms with Crippen LogP contribution in [-0.2, 0) is 33.3 Å². The van der Waals surface area contributed by atoms with Gasteiger partial charge in [0.15, 0.2) is 18.4 Å². The van der Waals surface area contributed by atoms with Gasteiger partial charge in [0, 0.05) is 24.2 Å². The van der Waals surface area contributed by atoms with E-state index in [2.05, 4.69) is 0 Å². The Balaban J connectivity index is 1.93. The highest BCUT2D eigenvalue weighted by atomic mass is 16.7. The number of hydrogen-bond donors (Lipinski definition) is 5. The first-order chi connectivity index (χ1) is 23.8. The van der Waals surface area contributed by atoms with Crippen molar-refractivity contribution in [1.29, 1.82) is 0 Å². The Morgan fingerprint density at radius 1 is 0.961 bits per heavy atom. The molecule has 51 heavy (non-hydrogen) atoms. The van der Waals surface area contributed by atoms with Gasteiger partial charge in [-0.05, 0) is 66.6 Å². The summed E-state index contributed by atoms with van der Waals surface area (Å²) in [6.07, 6.45) is -2.81. The van der Waals surface area contributed by atoms with Crippen molar-refractivity contribution in [3.05, 3.63) is 23.8 Å². The average Bonchev–Trinajstić information content (AvgIpc) is 3.06. The number of ketones is 1. The number of carbonyl (C=O) groups excluding carboxylic acids is 2. The molecule has 3 aliphatic heterocycles. The fraction of sp³-hybridized carbons (Fsp3) is 0.842. The van der Waals surface area contributed by atoms with Gasteiger partial charge in [0.1, 0.15) is 24.4 Å². The van der Waals surface area contributed by atoms with Crippen molar-refractivity contribution in [1.82, 2.24) is 4.90 Å². The fourth-order valence-corrected chi connectivity index (χ4v) is 7.72. The van der Waals surface area contributed by atoms with Crippen molar-refractivity contribution in [2.45, 2.75) is 161 Å². The van der Waals surface area contributed by atoms with E-state index in [1.54, 1.807) is 47.0 Å². The third-order valence-corrected chi connectivity index (χ3v) is 11.0. The summed E-state index contributed by atoms with van der Waals surface area (Å²) in [7, 11) is 3.59. The number of carbonyl (C=O) groups is 2. The standard InChI is InChI=1S/C38H65NO12/c1-11-25-16-21(4)27(41)14-13-20(3)15-26(19-40)29(12-2)49-30(43)17-28(42)22(5)34(25)51-37-33(44)32(39(9)10)35(23(6)48-37)50-31-18-38(8,46)36(45)24(7)47-31/h13-15,21-26,28-29,31-37,40,42,44-46H,11-12,16-19H2,1-10H3/b14-13+,20-15+/t21-,22+,23-,24+,25+,26-,28-,29-,31+,32-,33-,34-,35-,36+,37+,38-/m1/s1. The molecule has 3 aliphatic rings. The maximum Gasteiger partial charge on any atom is 0.308 e. The Bertz CT molecular complexity index is 1190. The molecule has 0 spiro atoms. The highest BCUT2D eigenvalue weighted by Gasteiger charge is 2.51. The molecule has 2 saturated heterocycles. The Labute approximate surface area is 303 Å². The number of aliphatic hydroxyl groups excluding tert-OH is 4. The lowest BCUT2D eigenvalue weighted by Gasteiger charge is -2.50. The SMILES string of the molecule is CC[C@H]1C[C@@H](C)C(=O)/C=C/C(C)=C/[C@H](CO)[C@@H](CC)OC(=O)C[C@@H](O)[C@H](C)[C@H]1O[C@@H]1O[C@H](C)[C@@H](O[C@H]2C[C@@](C)(O)[C@@H](O)[C@H](C)O2)[C@H](N(C)C)[C@H]1O. The van der Waals surface area contributed by atoms with Gasteiger partial charge in [-0.2, -0.15) is 0 Å². The lowest BCUT2D eigenvalue weighted by molar-refractivity contribution is -0.342. The van der Waals surface area contributed by atoms with Gasteiger partial charge in [0.05, 0.1) is 49.1 Å². The van der Waals surface area contributed by atoms with E-state index in [1.165, 1.54) is 13.0 Å². The third kappa shape index (κ3) is 11.1. The summed E-state index contributed by atoms with van der Waals surface area (Å²) >= 11 is 0. The zero-order valence-electron chi connectivity index (χ0n) is 32.2. The van der Waals surface area contributed by atoms with Gasteiger partial charge in [0.2, 0.25) is 0 Å². The molecule has 0 aromatic carbocycles. The first-order valence-corrected chi connectivity index (χ1v) is 18.6. The molecule has 3 heterocycles. The lowest BCUT2D eigenvalue weighted by Crippen LogP contribution is -2.65. The zero-order valence-corrected chi connectivity index (χ0v) is 32.2. The summed E-state index contributed by atoms with van der Waals surface area (Å²) in [4.78, 5) is 28.3. The second kappa shape index (κ2) is 19.0. The molecular formula is C38H65NO12. The molecule has 0 aromatic rings. The average molecular weight is 728 g/mol. The molecular weight excluding hydrogens is 662 g/mol. The summed E-state index contributed by atoms with van der Waals surface area (Å²) in [5.41, 5.74) is -0.690. The molecule has 0 amide bonds. The van der Waals surface area contributed by atoms with Crippen LogP contribution >= 0.6 is 0 Å². The van der Waals surface area contributed by atoms with Crippen LogP contribution in [0.2, 0.25) is 0 Å². The number of allylic oxidation sites excluding steroid dienone is 3. The number of rotatable bonds is 8. The molecule has 0 aliphatic carbocycles. The molecule has 0 aromatic heterocycles. The normalized spacial score (nSPS) is 45.6. The van der Waals surface area contributed by atoms with Crippen molar-refractivity contribution in [3.63, 3.8) is 0 Å². The van der Waals surface area contributed by atoms with E-state index in [0.29, 0.717) is 19.3 Å². The first kappa shape index (κ1) is 43.6. The summed E-state index contributed by atoms with van der Waals surface area (Å²) in [5, 5.41) is 54.6. The van der Waals surface area contributed by atoms with Crippen LogP contribution < -0.4 is 0 Å². The monoisotopic (exact) mass is 727 g/mol. The van der Waals surface area contributed by atoms with Crippen LogP contribution in [0.3, 0.4) is 0 Å². The number of aliphatic hydroxyl groups is 5. The molecule has 2 fully saturated rings. The molecule has 13 nitrogen and oxygen atoms in total. The van der Waals surface area contributed by atoms with Gasteiger partial charge < -0.3 is 54.1 Å². The first-order valence-electron chi connectivity index (χ1n) is 18.6. The second-order valence-electron chi connectivity index (χ2n) is 15.5. The highest BCUT2D eigenvalue weighted by Crippen LogP contribution is 2.37. The van der Waals surface area contributed by atoms with E-state index < -0.39 is 96.8 Å². The van der Waals surface area contributed by atoms with Crippen LogP contribution in [0.25, 0.3) is 0 Å². The number of cyclic esters (lactones) is 1. The Morgan fingerprint density at radius 3 is 2.20 bits per heavy atom. The number of ether oxygens (including phenoxy) is 5. The minimum Gasteiger partial charge on any atom is -0.462 e. The lowest BCUT2D eigenvalue weighted by atomic mass is 9.80. The molecule has 16 atom stereocenters. The number of esters is 1. The van der Waals surface area contributed by atoms with Crippen molar-refractivity contribution in [3.8, 4) is 0 Å². The molecule has 0 saturated carbocycles. The molecule has 13 heteroatoms. The smallest absolute Gasteiger partial charge is 0.308 e. The van der Waals surface area contributed by atoms with Crippen LogP contribution in [0.15, 0.2) is 23.8 Å². The van der Waals surface area contributed by atoms with Gasteiger partial charge in [-0.3, -0.25) is 9.59 Å². The number of hydrogen-bond acceptors (Lipinski definition) is 13. The largest absolute Gasteiger partial charge is 0.462 e. The molecule has 0 unspecified atom stereocenters. The van der Waals surface area contributed by atoms with E-state index in [-0.39, 0.29) is 31.1 Å². The van der Waals surface area contributed by atoms with E-state index >= 15 is 0 Å². The van der Waals surface area contributed by atoms with Crippen LogP contribution in [0.1, 0.15) is 87.5 Å². The zero-order chi connectivity index (χ0) is 38.4. The summed E-state index contributed by atoms with van der Waals surface area (Å²) < 4.78 is 31.0. The number of likely N-dealkylation sites (N-methyl/N-ethyl adjacent to an activating group) is 1. The topological polar surface area (TPSA) is 185 Å². The third-order valence-electron chi connectivity index (χ3n) is 11.0. The van der Waals surface area contributed by atoms with Crippen molar-refractivity contribution >= 4 is 11.8 Å². The van der Waals surface area contributed by atoms with Gasteiger partial charge in [-0.1, -0.05) is 51.8 Å². The molecule has 0 bridgehead atoms. The van der Waals surface area contributed by atoms with Crippen molar-refractivity contribution in [2.24, 2.45) is 23.7 Å². The van der Waals surface area contributed by atoms with E-state index in [4.69, 9.17) is 23.7 Å². The predicted octanol–water partition coefficient (Wildman–Crippen LogP) is 2.49. The van der Waals surface area contributed by atoms with Crippen molar-refractivity contribution in [2.75, 3.05) is 20.7 Å². The minimum atomic E-state index is -1.44. The maximum atomic E-state index is 13.3. The van der Waals surface area contributed by atoms with Crippen LogP contribution in [0, 0.1) is 23.7 Å². The van der Waals surface area contributed by atoms with Crippen molar-refractivity contribution < 1.29 is 58.8 Å². The fourth-order valence-electron chi connectivity index (χ4n) is 7.72. The Kier molecular flexibility index (Phi) is 16.3. The summed E-state index contributed by atoms with van der Waals surface area (Å²) in [6, 6.07) is -0.650. The van der Waals surface area contributed by atoms with Crippen LogP contribution in [-0.4, -0.2) is 136 Å². The quantitative estimate of drug-likeness (QED) is 0.230. The summed E-state index contributed by atoms with van der Waals surface area (Å²) in [5.74, 6) is -2.50. The molecule has 294 valence electrons. The van der Waals surface area contributed by atoms with Gasteiger partial charge in [-0.25, -0.2) is 0 Å². The minimum absolute atomic E-state index is 0.0115. The second-order valence-corrected chi connectivity index (χ2v) is 15.5. The Morgan fingerprint density at radius 2 is 1.63 bits per heavy atom. The van der Waals surface area contributed by atoms with Crippen LogP contribution in [0.5, 0.6) is 0 Å². The Hall–Kier alpha value is -1.78. The molecule has 5 N–H and O–H groups in total. The van der Waals surface area contributed by atoms with Crippen LogP contribution in [0.4, 0.5) is 0 Å². The van der Waals surface area contributed by atoms with Gasteiger partial charge in [0.25, 0.3) is 0 Å². The van der Waals surface area contributed by atoms with E-state index in [1.807, 2.05) is 32.6 Å². The highest BCUT2D eigenvalue weighted by molar-refractivity contribution is 5.91. The van der Waals surface area contributed by atoms with E-state index in [0.717, 1.165) is 5.57 Å². The molecule has 3 rings (SSSR count). The van der Waals surface area contributed by atoms with E-state index in [9.17, 15) is 35.1 Å².